The molecule has 2 aliphatic rings. The third kappa shape index (κ3) is 4.07. The summed E-state index contributed by atoms with van der Waals surface area (Å²) in [6.45, 7) is 7.22. The first-order valence-corrected chi connectivity index (χ1v) is 8.90. The Morgan fingerprint density at radius 3 is 2.57 bits per heavy atom. The van der Waals surface area contributed by atoms with Crippen molar-refractivity contribution < 1.29 is 0 Å². The Balaban J connectivity index is 1.33. The number of hydrogen-bond donors (Lipinski definition) is 1. The van der Waals surface area contributed by atoms with Crippen molar-refractivity contribution in [3.63, 3.8) is 0 Å². The Morgan fingerprint density at radius 1 is 1.14 bits per heavy atom. The zero-order valence-electron chi connectivity index (χ0n) is 12.9. The summed E-state index contributed by atoms with van der Waals surface area (Å²) in [5.74, 6) is 0.738. The van der Waals surface area contributed by atoms with Gasteiger partial charge in [-0.15, -0.1) is 0 Å². The minimum atomic E-state index is 0.717. The quantitative estimate of drug-likeness (QED) is 0.879. The molecular weight excluding hydrogens is 326 g/mol. The molecule has 1 saturated heterocycles. The molecule has 1 saturated carbocycles. The lowest BCUT2D eigenvalue weighted by Gasteiger charge is -2.38. The van der Waals surface area contributed by atoms with E-state index in [0.717, 1.165) is 18.5 Å². The maximum atomic E-state index is 3.73. The molecule has 1 aromatic rings. The van der Waals surface area contributed by atoms with Crippen LogP contribution < -0.4 is 5.32 Å². The molecule has 21 heavy (non-hydrogen) atoms. The highest BCUT2D eigenvalue weighted by Crippen LogP contribution is 2.39. The minimum absolute atomic E-state index is 0.717. The van der Waals surface area contributed by atoms with Crippen molar-refractivity contribution >= 4 is 15.9 Å². The normalized spacial score (nSPS) is 27.5. The van der Waals surface area contributed by atoms with E-state index in [1.54, 1.807) is 0 Å². The van der Waals surface area contributed by atoms with Gasteiger partial charge >= 0.3 is 0 Å². The van der Waals surface area contributed by atoms with Crippen LogP contribution in [0.4, 0.5) is 0 Å². The van der Waals surface area contributed by atoms with Gasteiger partial charge < -0.3 is 10.2 Å². The highest BCUT2D eigenvalue weighted by molar-refractivity contribution is 9.10. The Hall–Kier alpha value is -0.420. The van der Waals surface area contributed by atoms with Gasteiger partial charge in [0, 0.05) is 49.8 Å². The molecule has 4 heteroatoms. The van der Waals surface area contributed by atoms with Gasteiger partial charge in [-0.05, 0) is 37.4 Å². The van der Waals surface area contributed by atoms with Crippen molar-refractivity contribution in [2.24, 2.45) is 0 Å². The van der Waals surface area contributed by atoms with Crippen LogP contribution in [0.15, 0.2) is 28.7 Å². The molecule has 1 aromatic carbocycles. The van der Waals surface area contributed by atoms with E-state index < -0.39 is 0 Å². The van der Waals surface area contributed by atoms with Gasteiger partial charge in [0.2, 0.25) is 0 Å². The molecule has 116 valence electrons. The summed E-state index contributed by atoms with van der Waals surface area (Å²) in [6.07, 6.45) is 2.57. The molecule has 2 fully saturated rings. The molecule has 0 spiro atoms. The Labute approximate surface area is 136 Å². The van der Waals surface area contributed by atoms with Crippen LogP contribution in [0.1, 0.15) is 24.3 Å². The third-order valence-electron chi connectivity index (χ3n) is 4.94. The summed E-state index contributed by atoms with van der Waals surface area (Å²) in [7, 11) is 2.21. The lowest BCUT2D eigenvalue weighted by molar-refractivity contribution is 0.150. The van der Waals surface area contributed by atoms with Crippen molar-refractivity contribution in [2.45, 2.75) is 24.8 Å². The maximum absolute atomic E-state index is 3.73. The van der Waals surface area contributed by atoms with Crippen LogP contribution in [0.5, 0.6) is 0 Å². The zero-order valence-corrected chi connectivity index (χ0v) is 14.5. The average Bonchev–Trinajstić information content (AvgIpc) is 2.45. The Morgan fingerprint density at radius 2 is 1.86 bits per heavy atom. The van der Waals surface area contributed by atoms with E-state index in [1.807, 2.05) is 0 Å². The molecule has 3 nitrogen and oxygen atoms in total. The monoisotopic (exact) mass is 351 g/mol. The first kappa shape index (κ1) is 15.5. The molecule has 0 bridgehead atoms. The molecule has 1 heterocycles. The largest absolute Gasteiger partial charge is 0.313 e. The predicted octanol–water partition coefficient (Wildman–Crippen LogP) is 2.53. The number of rotatable bonds is 5. The number of hydrogen-bond acceptors (Lipinski definition) is 3. The van der Waals surface area contributed by atoms with Gasteiger partial charge in [0.15, 0.2) is 0 Å². The molecule has 0 radical (unpaired) electrons. The Kier molecular flexibility index (Phi) is 5.33. The fourth-order valence-corrected chi connectivity index (χ4v) is 3.95. The molecule has 1 aliphatic carbocycles. The van der Waals surface area contributed by atoms with Gasteiger partial charge in [-0.1, -0.05) is 34.1 Å². The van der Waals surface area contributed by atoms with Crippen molar-refractivity contribution in [3.8, 4) is 0 Å². The zero-order chi connectivity index (χ0) is 14.7. The lowest BCUT2D eigenvalue weighted by atomic mass is 9.76. The van der Waals surface area contributed by atoms with Crippen LogP contribution in [0.2, 0.25) is 0 Å². The molecule has 1 aliphatic heterocycles. The topological polar surface area (TPSA) is 18.5 Å². The van der Waals surface area contributed by atoms with E-state index in [4.69, 9.17) is 0 Å². The number of nitrogens with zero attached hydrogens (tertiary/aromatic N) is 2. The van der Waals surface area contributed by atoms with Crippen molar-refractivity contribution in [2.75, 3.05) is 46.3 Å². The van der Waals surface area contributed by atoms with E-state index in [-0.39, 0.29) is 0 Å². The van der Waals surface area contributed by atoms with Crippen molar-refractivity contribution in [1.29, 1.82) is 0 Å². The van der Waals surface area contributed by atoms with Crippen LogP contribution in [0.25, 0.3) is 0 Å². The summed E-state index contributed by atoms with van der Waals surface area (Å²) in [5.41, 5.74) is 1.48. The average molecular weight is 352 g/mol. The third-order valence-corrected chi connectivity index (χ3v) is 5.66. The summed E-state index contributed by atoms with van der Waals surface area (Å²) in [5, 5.41) is 3.73. The second-order valence-electron chi connectivity index (χ2n) is 6.49. The molecule has 1 N–H and O–H groups in total. The van der Waals surface area contributed by atoms with Gasteiger partial charge in [0.25, 0.3) is 0 Å². The number of benzene rings is 1. The van der Waals surface area contributed by atoms with Gasteiger partial charge in [0.1, 0.15) is 0 Å². The number of piperazine rings is 1. The first-order chi connectivity index (χ1) is 10.2. The SMILES string of the molecule is CN1CCN(CCNC2CC(c3ccccc3Br)C2)CC1. The van der Waals surface area contributed by atoms with E-state index in [9.17, 15) is 0 Å². The Bertz CT molecular complexity index is 451. The standard InChI is InChI=1S/C17H26BrN3/c1-20-8-10-21(11-9-20)7-6-19-15-12-14(13-15)16-4-2-3-5-17(16)18/h2-5,14-15,19H,6-13H2,1H3. The highest BCUT2D eigenvalue weighted by atomic mass is 79.9. The van der Waals surface area contributed by atoms with Gasteiger partial charge in [0.05, 0.1) is 0 Å². The van der Waals surface area contributed by atoms with Crippen LogP contribution in [0.3, 0.4) is 0 Å². The van der Waals surface area contributed by atoms with Gasteiger partial charge in [-0.25, -0.2) is 0 Å². The summed E-state index contributed by atoms with van der Waals surface area (Å²) in [6, 6.07) is 9.37. The fraction of sp³-hybridized carbons (Fsp3) is 0.647. The van der Waals surface area contributed by atoms with E-state index >= 15 is 0 Å². The van der Waals surface area contributed by atoms with Crippen molar-refractivity contribution in [1.82, 2.24) is 15.1 Å². The summed E-state index contributed by atoms with van der Waals surface area (Å²) < 4.78 is 1.27. The highest BCUT2D eigenvalue weighted by Gasteiger charge is 2.30. The summed E-state index contributed by atoms with van der Waals surface area (Å²) >= 11 is 3.67. The van der Waals surface area contributed by atoms with E-state index in [2.05, 4.69) is 62.4 Å². The predicted molar refractivity (Wildman–Crippen MR) is 91.8 cm³/mol. The number of nitrogens with one attached hydrogen (secondary N) is 1. The van der Waals surface area contributed by atoms with E-state index in [1.165, 1.54) is 55.6 Å². The summed E-state index contributed by atoms with van der Waals surface area (Å²) in [4.78, 5) is 5.00. The van der Waals surface area contributed by atoms with Gasteiger partial charge in [-0.3, -0.25) is 4.90 Å². The molecule has 3 rings (SSSR count). The fourth-order valence-electron chi connectivity index (χ4n) is 3.34. The van der Waals surface area contributed by atoms with Crippen LogP contribution in [-0.2, 0) is 0 Å². The number of likely N-dealkylation sites (N-methyl/N-ethyl adjacent to an activating group) is 1. The minimum Gasteiger partial charge on any atom is -0.313 e. The lowest BCUT2D eigenvalue weighted by Crippen LogP contribution is -2.48. The second kappa shape index (κ2) is 7.23. The molecule has 0 unspecified atom stereocenters. The van der Waals surface area contributed by atoms with Crippen molar-refractivity contribution in [3.05, 3.63) is 34.3 Å². The smallest absolute Gasteiger partial charge is 0.0210 e. The van der Waals surface area contributed by atoms with Crippen LogP contribution >= 0.6 is 15.9 Å². The molecule has 0 aromatic heterocycles. The molecule has 0 amide bonds. The van der Waals surface area contributed by atoms with E-state index in [0.29, 0.717) is 0 Å². The molecular formula is C17H26BrN3. The number of halogens is 1. The molecule has 0 atom stereocenters. The van der Waals surface area contributed by atoms with Gasteiger partial charge in [-0.2, -0.15) is 0 Å². The van der Waals surface area contributed by atoms with Crippen LogP contribution in [0, 0.1) is 0 Å². The first-order valence-electron chi connectivity index (χ1n) is 8.11. The second-order valence-corrected chi connectivity index (χ2v) is 7.34. The maximum Gasteiger partial charge on any atom is 0.0210 e. The van der Waals surface area contributed by atoms with Crippen LogP contribution in [-0.4, -0.2) is 62.2 Å².